The Morgan fingerprint density at radius 2 is 1.19 bits per heavy atom. The second kappa shape index (κ2) is 14.9. The number of hydrogen-bond acceptors (Lipinski definition) is 5. The molecule has 0 radical (unpaired) electrons. The van der Waals surface area contributed by atoms with Gasteiger partial charge >= 0.3 is 12.2 Å². The highest BCUT2D eigenvalue weighted by atomic mass is 16.6. The third-order valence-corrected chi connectivity index (χ3v) is 4.14. The van der Waals surface area contributed by atoms with Gasteiger partial charge in [0, 0.05) is 32.6 Å². The summed E-state index contributed by atoms with van der Waals surface area (Å²) in [6.45, 7) is 15.2. The fraction of sp³-hybridized carbons (Fsp3) is 0.870. The maximum absolute atomic E-state index is 12.6. The third-order valence-electron chi connectivity index (χ3n) is 4.14. The molecule has 0 unspecified atom stereocenters. The van der Waals surface area contributed by atoms with Crippen molar-refractivity contribution in [3.05, 3.63) is 0 Å². The fourth-order valence-corrected chi connectivity index (χ4v) is 2.75. The predicted octanol–water partition coefficient (Wildman–Crippen LogP) is 4.62. The van der Waals surface area contributed by atoms with E-state index in [1.165, 1.54) is 0 Å². The van der Waals surface area contributed by atoms with Crippen LogP contribution in [0.1, 0.15) is 93.4 Å². The quantitative estimate of drug-likeness (QED) is 0.405. The first-order chi connectivity index (χ1) is 14.3. The van der Waals surface area contributed by atoms with Crippen LogP contribution in [-0.2, 0) is 14.3 Å². The van der Waals surface area contributed by atoms with Crippen LogP contribution in [0.25, 0.3) is 0 Å². The topological polar surface area (TPSA) is 97.0 Å². The molecule has 0 aliphatic rings. The van der Waals surface area contributed by atoms with Gasteiger partial charge in [-0.2, -0.15) is 0 Å². The number of rotatable bonds is 13. The highest BCUT2D eigenvalue weighted by Crippen LogP contribution is 2.08. The van der Waals surface area contributed by atoms with E-state index >= 15 is 0 Å². The molecular weight excluding hydrogens is 398 g/mol. The smallest absolute Gasteiger partial charge is 0.407 e. The third kappa shape index (κ3) is 18.5. The molecule has 0 heterocycles. The molecule has 0 aromatic heterocycles. The molecule has 0 spiro atoms. The summed E-state index contributed by atoms with van der Waals surface area (Å²) in [6, 6.07) is 0. The Kier molecular flexibility index (Phi) is 14.0. The number of hydrogen-bond donors (Lipinski definition) is 2. The van der Waals surface area contributed by atoms with Crippen LogP contribution in [0.15, 0.2) is 0 Å². The van der Waals surface area contributed by atoms with Crippen LogP contribution < -0.4 is 10.6 Å². The van der Waals surface area contributed by atoms with E-state index in [1.54, 1.807) is 0 Å². The van der Waals surface area contributed by atoms with E-state index in [0.717, 1.165) is 32.1 Å². The summed E-state index contributed by atoms with van der Waals surface area (Å²) in [5.74, 6) is 0.144. The van der Waals surface area contributed by atoms with E-state index in [2.05, 4.69) is 17.6 Å². The Bertz CT molecular complexity index is 538. The van der Waals surface area contributed by atoms with Crippen LogP contribution in [-0.4, -0.2) is 60.4 Å². The molecule has 2 N–H and O–H groups in total. The first-order valence-corrected chi connectivity index (χ1v) is 11.6. The summed E-state index contributed by atoms with van der Waals surface area (Å²) in [7, 11) is 0. The Hall–Kier alpha value is -1.99. The summed E-state index contributed by atoms with van der Waals surface area (Å²) in [5.41, 5.74) is -1.04. The van der Waals surface area contributed by atoms with E-state index < -0.39 is 23.4 Å². The van der Waals surface area contributed by atoms with Crippen molar-refractivity contribution in [2.75, 3.05) is 26.2 Å². The highest BCUT2D eigenvalue weighted by molar-refractivity contribution is 5.76. The van der Waals surface area contributed by atoms with Crippen LogP contribution in [0.5, 0.6) is 0 Å². The summed E-state index contributed by atoms with van der Waals surface area (Å²) in [5, 5.41) is 5.47. The van der Waals surface area contributed by atoms with Crippen molar-refractivity contribution in [2.24, 2.45) is 0 Å². The summed E-state index contributed by atoms with van der Waals surface area (Å²) >= 11 is 0. The van der Waals surface area contributed by atoms with Gasteiger partial charge in [-0.1, -0.05) is 19.8 Å². The molecule has 8 heteroatoms. The maximum atomic E-state index is 12.6. The number of carbonyl (C=O) groups excluding carboxylic acids is 3. The standard InChI is InChI=1S/C23H45N3O5/c1-8-9-10-14-19(27)26(18-13-16-25-21(29)31-23(5,6)7)17-12-11-15-24-20(28)30-22(2,3)4/h8-18H2,1-7H3,(H,24,28)(H,25,29). The van der Waals surface area contributed by atoms with Crippen molar-refractivity contribution in [3.63, 3.8) is 0 Å². The Labute approximate surface area is 188 Å². The molecule has 0 aliphatic carbocycles. The number of carbonyl (C=O) groups is 3. The van der Waals surface area contributed by atoms with Crippen LogP contribution in [0.4, 0.5) is 9.59 Å². The SMILES string of the molecule is CCCCCC(=O)N(CCCCNC(=O)OC(C)(C)C)CCCNC(=O)OC(C)(C)C. The number of alkyl carbamates (subject to hydrolysis) is 2. The van der Waals surface area contributed by atoms with E-state index in [1.807, 2.05) is 46.4 Å². The van der Waals surface area contributed by atoms with E-state index in [-0.39, 0.29) is 5.91 Å². The number of unbranched alkanes of at least 4 members (excludes halogenated alkanes) is 3. The minimum Gasteiger partial charge on any atom is -0.444 e. The number of amides is 3. The van der Waals surface area contributed by atoms with E-state index in [9.17, 15) is 14.4 Å². The molecule has 3 amide bonds. The maximum Gasteiger partial charge on any atom is 0.407 e. The second-order valence-corrected chi connectivity index (χ2v) is 9.76. The van der Waals surface area contributed by atoms with Gasteiger partial charge in [0.15, 0.2) is 0 Å². The molecule has 8 nitrogen and oxygen atoms in total. The minimum atomic E-state index is -0.529. The lowest BCUT2D eigenvalue weighted by Crippen LogP contribution is -2.37. The number of nitrogens with one attached hydrogen (secondary N) is 2. The number of nitrogens with zero attached hydrogens (tertiary/aromatic N) is 1. The van der Waals surface area contributed by atoms with Crippen LogP contribution in [0, 0.1) is 0 Å². The van der Waals surface area contributed by atoms with Gasteiger partial charge in [-0.15, -0.1) is 0 Å². The molecule has 182 valence electrons. The van der Waals surface area contributed by atoms with Gasteiger partial charge in [-0.25, -0.2) is 9.59 Å². The van der Waals surface area contributed by atoms with Crippen molar-refractivity contribution >= 4 is 18.1 Å². The molecule has 0 atom stereocenters. The van der Waals surface area contributed by atoms with Gasteiger partial charge in [-0.3, -0.25) is 4.79 Å². The first kappa shape index (κ1) is 29.0. The summed E-state index contributed by atoms with van der Waals surface area (Å²) in [6.07, 6.45) is 4.89. The van der Waals surface area contributed by atoms with E-state index in [4.69, 9.17) is 9.47 Å². The highest BCUT2D eigenvalue weighted by Gasteiger charge is 2.17. The molecule has 0 saturated heterocycles. The zero-order valence-corrected chi connectivity index (χ0v) is 20.8. The van der Waals surface area contributed by atoms with Crippen molar-refractivity contribution < 1.29 is 23.9 Å². The van der Waals surface area contributed by atoms with Crippen molar-refractivity contribution in [1.29, 1.82) is 0 Å². The van der Waals surface area contributed by atoms with Gasteiger partial charge in [0.25, 0.3) is 0 Å². The van der Waals surface area contributed by atoms with Crippen molar-refractivity contribution in [1.82, 2.24) is 15.5 Å². The van der Waals surface area contributed by atoms with Gasteiger partial charge in [0.05, 0.1) is 0 Å². The largest absolute Gasteiger partial charge is 0.444 e. The normalized spacial score (nSPS) is 11.6. The van der Waals surface area contributed by atoms with Gasteiger partial charge in [0.1, 0.15) is 11.2 Å². The van der Waals surface area contributed by atoms with Gasteiger partial charge < -0.3 is 25.0 Å². The zero-order chi connectivity index (χ0) is 23.9. The summed E-state index contributed by atoms with van der Waals surface area (Å²) < 4.78 is 10.4. The molecular formula is C23H45N3O5. The van der Waals surface area contributed by atoms with E-state index in [0.29, 0.717) is 39.0 Å². The van der Waals surface area contributed by atoms with Crippen LogP contribution >= 0.6 is 0 Å². The average molecular weight is 444 g/mol. The monoisotopic (exact) mass is 443 g/mol. The molecule has 0 saturated carbocycles. The van der Waals surface area contributed by atoms with Crippen molar-refractivity contribution in [3.8, 4) is 0 Å². The number of ether oxygens (including phenoxy) is 2. The Morgan fingerprint density at radius 3 is 1.68 bits per heavy atom. The predicted molar refractivity (Wildman–Crippen MR) is 123 cm³/mol. The van der Waals surface area contributed by atoms with Crippen molar-refractivity contribution in [2.45, 2.75) is 105 Å². The van der Waals surface area contributed by atoms with Gasteiger partial charge in [-0.05, 0) is 67.2 Å². The molecule has 0 fully saturated rings. The Balaban J connectivity index is 4.34. The Morgan fingerprint density at radius 1 is 0.710 bits per heavy atom. The lowest BCUT2D eigenvalue weighted by Gasteiger charge is -2.24. The minimum absolute atomic E-state index is 0.144. The fourth-order valence-electron chi connectivity index (χ4n) is 2.75. The molecule has 0 rings (SSSR count). The average Bonchev–Trinajstić information content (AvgIpc) is 2.60. The second-order valence-electron chi connectivity index (χ2n) is 9.76. The van der Waals surface area contributed by atoms with Crippen LogP contribution in [0.3, 0.4) is 0 Å². The lowest BCUT2D eigenvalue weighted by molar-refractivity contribution is -0.131. The molecule has 0 aromatic carbocycles. The molecule has 0 aliphatic heterocycles. The first-order valence-electron chi connectivity index (χ1n) is 11.6. The lowest BCUT2D eigenvalue weighted by atomic mass is 10.1. The van der Waals surface area contributed by atoms with Crippen LogP contribution in [0.2, 0.25) is 0 Å². The molecule has 0 bridgehead atoms. The van der Waals surface area contributed by atoms with Gasteiger partial charge in [0.2, 0.25) is 5.91 Å². The zero-order valence-electron chi connectivity index (χ0n) is 20.8. The molecule has 0 aromatic rings. The summed E-state index contributed by atoms with van der Waals surface area (Å²) in [4.78, 5) is 37.9. The molecule has 31 heavy (non-hydrogen) atoms.